The molecule has 0 bridgehead atoms. The Bertz CT molecular complexity index is 318. The topological polar surface area (TPSA) is 12.0 Å². The predicted octanol–water partition coefficient (Wildman–Crippen LogP) is 3.59. The summed E-state index contributed by atoms with van der Waals surface area (Å²) in [6, 6.07) is 0.613. The fourth-order valence-electron chi connectivity index (χ4n) is 3.46. The Labute approximate surface area is 125 Å². The lowest BCUT2D eigenvalue weighted by Crippen LogP contribution is -2.65. The van der Waals surface area contributed by atoms with Crippen LogP contribution < -0.4 is 5.32 Å². The summed E-state index contributed by atoms with van der Waals surface area (Å²) in [4.78, 5) is 0. The molecule has 1 atom stereocenters. The van der Waals surface area contributed by atoms with Crippen LogP contribution in [0.1, 0.15) is 59.3 Å². The molecule has 0 aromatic carbocycles. The number of allylic oxidation sites excluding steroid dienone is 1. The SMILES string of the molecule is CCC(NC1([Si](C)(C)C)CCCCC1)C(C)=C(C)[SiH3]. The van der Waals surface area contributed by atoms with E-state index in [1.165, 1.54) is 48.8 Å². The highest BCUT2D eigenvalue weighted by atomic mass is 28.3. The number of rotatable bonds is 5. The molecule has 1 N–H and O–H groups in total. The van der Waals surface area contributed by atoms with Gasteiger partial charge in [0.2, 0.25) is 0 Å². The van der Waals surface area contributed by atoms with Crippen LogP contribution in [0.25, 0.3) is 0 Å². The molecular formula is C16H35NSi2. The van der Waals surface area contributed by atoms with Crippen LogP contribution in [0, 0.1) is 0 Å². The van der Waals surface area contributed by atoms with Crippen molar-refractivity contribution in [3.8, 4) is 0 Å². The smallest absolute Gasteiger partial charge is 0.0674 e. The molecule has 0 aromatic heterocycles. The van der Waals surface area contributed by atoms with Crippen molar-refractivity contribution in [2.45, 2.75) is 90.1 Å². The fraction of sp³-hybridized carbons (Fsp3) is 0.875. The Balaban J connectivity index is 2.97. The van der Waals surface area contributed by atoms with Crippen molar-refractivity contribution in [1.82, 2.24) is 5.32 Å². The van der Waals surface area contributed by atoms with E-state index in [-0.39, 0.29) is 0 Å². The van der Waals surface area contributed by atoms with Gasteiger partial charge in [-0.15, -0.1) is 0 Å². The van der Waals surface area contributed by atoms with Crippen LogP contribution in [0.5, 0.6) is 0 Å². The van der Waals surface area contributed by atoms with Gasteiger partial charge in [0, 0.05) is 21.4 Å². The number of hydrogen-bond acceptors (Lipinski definition) is 1. The third-order valence-electron chi connectivity index (χ3n) is 5.31. The van der Waals surface area contributed by atoms with Gasteiger partial charge >= 0.3 is 0 Å². The van der Waals surface area contributed by atoms with Crippen LogP contribution >= 0.6 is 0 Å². The normalized spacial score (nSPS) is 23.1. The maximum Gasteiger partial charge on any atom is 0.0674 e. The molecule has 0 radical (unpaired) electrons. The molecule has 0 amide bonds. The molecule has 1 unspecified atom stereocenters. The summed E-state index contributed by atoms with van der Waals surface area (Å²) in [5.41, 5.74) is 1.62. The molecule has 1 aliphatic carbocycles. The van der Waals surface area contributed by atoms with E-state index in [9.17, 15) is 0 Å². The Morgan fingerprint density at radius 3 is 2.05 bits per heavy atom. The summed E-state index contributed by atoms with van der Waals surface area (Å²) in [6.45, 7) is 14.7. The molecule has 1 rings (SSSR count). The molecule has 1 saturated carbocycles. The van der Waals surface area contributed by atoms with Gasteiger partial charge in [0.1, 0.15) is 0 Å². The zero-order chi connectivity index (χ0) is 14.7. The van der Waals surface area contributed by atoms with E-state index >= 15 is 0 Å². The van der Waals surface area contributed by atoms with E-state index in [0.717, 1.165) is 0 Å². The van der Waals surface area contributed by atoms with E-state index in [4.69, 9.17) is 0 Å². The third-order valence-corrected chi connectivity index (χ3v) is 9.62. The van der Waals surface area contributed by atoms with Crippen molar-refractivity contribution in [1.29, 1.82) is 0 Å². The molecule has 1 nitrogen and oxygen atoms in total. The quantitative estimate of drug-likeness (QED) is 0.765. The summed E-state index contributed by atoms with van der Waals surface area (Å²) >= 11 is 0. The van der Waals surface area contributed by atoms with Gasteiger partial charge in [-0.05, 0) is 33.1 Å². The molecular weight excluding hydrogens is 262 g/mol. The van der Waals surface area contributed by atoms with Gasteiger partial charge in [-0.1, -0.05) is 56.6 Å². The van der Waals surface area contributed by atoms with Gasteiger partial charge < -0.3 is 5.32 Å². The number of nitrogens with one attached hydrogen (secondary N) is 1. The van der Waals surface area contributed by atoms with Crippen molar-refractivity contribution in [3.05, 3.63) is 10.8 Å². The van der Waals surface area contributed by atoms with Crippen molar-refractivity contribution < 1.29 is 0 Å². The first-order chi connectivity index (χ1) is 8.73. The zero-order valence-corrected chi connectivity index (χ0v) is 17.3. The van der Waals surface area contributed by atoms with Crippen LogP contribution in [-0.2, 0) is 0 Å². The van der Waals surface area contributed by atoms with Gasteiger partial charge in [-0.3, -0.25) is 0 Å². The van der Waals surface area contributed by atoms with Crippen molar-refractivity contribution in [2.24, 2.45) is 0 Å². The van der Waals surface area contributed by atoms with Crippen LogP contribution in [0.15, 0.2) is 10.8 Å². The molecule has 19 heavy (non-hydrogen) atoms. The molecule has 0 heterocycles. The molecule has 3 heteroatoms. The lowest BCUT2D eigenvalue weighted by atomic mass is 9.92. The van der Waals surface area contributed by atoms with E-state index in [1.807, 2.05) is 0 Å². The van der Waals surface area contributed by atoms with Gasteiger partial charge in [0.25, 0.3) is 0 Å². The Morgan fingerprint density at radius 1 is 1.16 bits per heavy atom. The van der Waals surface area contributed by atoms with Gasteiger partial charge in [-0.2, -0.15) is 0 Å². The summed E-state index contributed by atoms with van der Waals surface area (Å²) in [5.74, 6) is 0. The maximum absolute atomic E-state index is 4.17. The largest absolute Gasteiger partial charge is 0.307 e. The molecule has 1 aliphatic rings. The lowest BCUT2D eigenvalue weighted by molar-refractivity contribution is 0.291. The minimum Gasteiger partial charge on any atom is -0.307 e. The average Bonchev–Trinajstić information content (AvgIpc) is 2.35. The second-order valence-electron chi connectivity index (χ2n) is 7.68. The summed E-state index contributed by atoms with van der Waals surface area (Å²) < 4.78 is 0. The first-order valence-corrected chi connectivity index (χ1v) is 12.6. The van der Waals surface area contributed by atoms with Gasteiger partial charge in [-0.25, -0.2) is 0 Å². The monoisotopic (exact) mass is 297 g/mol. The van der Waals surface area contributed by atoms with Crippen LogP contribution in [-0.4, -0.2) is 29.5 Å². The van der Waals surface area contributed by atoms with E-state index < -0.39 is 8.07 Å². The third kappa shape index (κ3) is 4.05. The van der Waals surface area contributed by atoms with E-state index in [2.05, 4.69) is 45.7 Å². The molecule has 1 fully saturated rings. The standard InChI is InChI=1S/C16H35NSi2/c1-7-15(13(2)14(3)18)17-16(19(4,5)6)11-9-8-10-12-16/h15,17H,7-12H2,1-6,18H3. The van der Waals surface area contributed by atoms with Gasteiger partial charge in [0.05, 0.1) is 8.07 Å². The number of hydrogen-bond donors (Lipinski definition) is 1. The van der Waals surface area contributed by atoms with Crippen molar-refractivity contribution >= 4 is 18.3 Å². The van der Waals surface area contributed by atoms with Crippen LogP contribution in [0.2, 0.25) is 19.6 Å². The van der Waals surface area contributed by atoms with E-state index in [1.54, 1.807) is 10.8 Å². The highest BCUT2D eigenvalue weighted by molar-refractivity contribution is 6.79. The second-order valence-corrected chi connectivity index (χ2v) is 14.6. The van der Waals surface area contributed by atoms with Crippen molar-refractivity contribution in [2.75, 3.05) is 0 Å². The molecule has 0 spiro atoms. The minimum atomic E-state index is -1.19. The molecule has 112 valence electrons. The molecule has 0 aromatic rings. The maximum atomic E-state index is 4.17. The highest BCUT2D eigenvalue weighted by Crippen LogP contribution is 2.37. The fourth-order valence-corrected chi connectivity index (χ4v) is 6.27. The molecule has 0 aliphatic heterocycles. The summed E-state index contributed by atoms with van der Waals surface area (Å²) in [7, 11) is 0.0161. The van der Waals surface area contributed by atoms with Gasteiger partial charge in [0.15, 0.2) is 0 Å². The first kappa shape index (κ1) is 17.2. The lowest BCUT2D eigenvalue weighted by Gasteiger charge is -2.49. The predicted molar refractivity (Wildman–Crippen MR) is 94.7 cm³/mol. The van der Waals surface area contributed by atoms with Crippen LogP contribution in [0.3, 0.4) is 0 Å². The average molecular weight is 298 g/mol. The Morgan fingerprint density at radius 2 is 1.68 bits per heavy atom. The zero-order valence-electron chi connectivity index (χ0n) is 14.3. The minimum absolute atomic E-state index is 0.476. The van der Waals surface area contributed by atoms with Crippen molar-refractivity contribution in [3.63, 3.8) is 0 Å². The Kier molecular flexibility index (Phi) is 6.08. The first-order valence-electron chi connectivity index (χ1n) is 8.15. The summed E-state index contributed by atoms with van der Waals surface area (Å²) in [5, 5.41) is 6.27. The molecule has 0 saturated heterocycles. The van der Waals surface area contributed by atoms with E-state index in [0.29, 0.717) is 11.2 Å². The highest BCUT2D eigenvalue weighted by Gasteiger charge is 2.44. The van der Waals surface area contributed by atoms with Crippen LogP contribution in [0.4, 0.5) is 0 Å². The summed E-state index contributed by atoms with van der Waals surface area (Å²) in [6.07, 6.45) is 8.35. The second kappa shape index (κ2) is 6.73. The Hall–Kier alpha value is 0.134.